The molecule has 0 spiro atoms. The highest BCUT2D eigenvalue weighted by molar-refractivity contribution is 6.01. The van der Waals surface area contributed by atoms with Gasteiger partial charge in [-0.3, -0.25) is 14.4 Å². The molecule has 1 unspecified atom stereocenters. The summed E-state index contributed by atoms with van der Waals surface area (Å²) in [5, 5.41) is 2.56. The van der Waals surface area contributed by atoms with Crippen LogP contribution in [0.3, 0.4) is 0 Å². The minimum atomic E-state index is -1.08. The van der Waals surface area contributed by atoms with Crippen LogP contribution in [0.15, 0.2) is 78.9 Å². The number of amides is 1. The highest BCUT2D eigenvalue weighted by Gasteiger charge is 2.26. The van der Waals surface area contributed by atoms with Gasteiger partial charge in [0, 0.05) is 16.7 Å². The van der Waals surface area contributed by atoms with Crippen LogP contribution < -0.4 is 5.32 Å². The number of rotatable bonds is 7. The number of Topliss-reactive ketones (excluding diaryl/α,β-unsaturated/α-hetero) is 1. The molecule has 0 bridgehead atoms. The molecular formula is C25H23NO4. The molecule has 3 aromatic carbocycles. The Morgan fingerprint density at radius 2 is 1.43 bits per heavy atom. The number of nitrogens with one attached hydrogen (secondary N) is 1. The lowest BCUT2D eigenvalue weighted by Crippen LogP contribution is -2.32. The van der Waals surface area contributed by atoms with Crippen LogP contribution in [-0.4, -0.2) is 24.2 Å². The molecule has 0 radical (unpaired) electrons. The summed E-state index contributed by atoms with van der Waals surface area (Å²) >= 11 is 0. The zero-order valence-electron chi connectivity index (χ0n) is 16.9. The predicted molar refractivity (Wildman–Crippen MR) is 114 cm³/mol. The first-order valence-electron chi connectivity index (χ1n) is 9.65. The van der Waals surface area contributed by atoms with Gasteiger partial charge in [-0.2, -0.15) is 0 Å². The Morgan fingerprint density at radius 3 is 2.07 bits per heavy atom. The lowest BCUT2D eigenvalue weighted by molar-refractivity contribution is -0.146. The van der Waals surface area contributed by atoms with E-state index in [9.17, 15) is 14.4 Å². The van der Waals surface area contributed by atoms with Gasteiger partial charge in [0.25, 0.3) is 5.91 Å². The highest BCUT2D eigenvalue weighted by Crippen LogP contribution is 2.22. The lowest BCUT2D eigenvalue weighted by Gasteiger charge is -2.18. The number of hydrogen-bond acceptors (Lipinski definition) is 4. The van der Waals surface area contributed by atoms with E-state index in [0.717, 1.165) is 11.1 Å². The van der Waals surface area contributed by atoms with Crippen molar-refractivity contribution in [2.24, 2.45) is 0 Å². The summed E-state index contributed by atoms with van der Waals surface area (Å²) in [6.45, 7) is 3.54. The minimum Gasteiger partial charge on any atom is -0.448 e. The van der Waals surface area contributed by atoms with Crippen LogP contribution in [0, 0.1) is 13.8 Å². The van der Waals surface area contributed by atoms with Crippen LogP contribution >= 0.6 is 0 Å². The number of benzene rings is 3. The fourth-order valence-corrected chi connectivity index (χ4v) is 2.96. The van der Waals surface area contributed by atoms with Gasteiger partial charge in [0.1, 0.15) is 6.54 Å². The van der Waals surface area contributed by atoms with Crippen molar-refractivity contribution in [2.45, 2.75) is 20.0 Å². The molecule has 0 heterocycles. The van der Waals surface area contributed by atoms with Crippen LogP contribution in [0.1, 0.15) is 43.5 Å². The number of ether oxygens (including phenoxy) is 1. The summed E-state index contributed by atoms with van der Waals surface area (Å²) in [4.78, 5) is 37.7. The van der Waals surface area contributed by atoms with Crippen molar-refractivity contribution in [1.82, 2.24) is 5.32 Å². The Kier molecular flexibility index (Phi) is 6.75. The number of hydrogen-bond donors (Lipinski definition) is 1. The van der Waals surface area contributed by atoms with Crippen molar-refractivity contribution in [1.29, 1.82) is 0 Å². The molecule has 1 atom stereocenters. The van der Waals surface area contributed by atoms with Crippen LogP contribution in [0.5, 0.6) is 0 Å². The molecule has 0 aliphatic heterocycles. The molecular weight excluding hydrogens is 378 g/mol. The van der Waals surface area contributed by atoms with E-state index in [1.54, 1.807) is 60.7 Å². The van der Waals surface area contributed by atoms with Crippen LogP contribution in [0.2, 0.25) is 0 Å². The molecule has 5 heteroatoms. The third-order valence-corrected chi connectivity index (χ3v) is 4.81. The van der Waals surface area contributed by atoms with Gasteiger partial charge in [0.2, 0.25) is 5.78 Å². The monoisotopic (exact) mass is 401 g/mol. The second kappa shape index (κ2) is 9.65. The van der Waals surface area contributed by atoms with Gasteiger partial charge in [-0.25, -0.2) is 0 Å². The Labute approximate surface area is 175 Å². The number of carbonyl (C=O) groups excluding carboxylic acids is 3. The van der Waals surface area contributed by atoms with E-state index in [1.807, 2.05) is 32.0 Å². The average molecular weight is 401 g/mol. The fraction of sp³-hybridized carbons (Fsp3) is 0.160. The van der Waals surface area contributed by atoms with E-state index in [0.29, 0.717) is 16.7 Å². The average Bonchev–Trinajstić information content (AvgIpc) is 2.78. The van der Waals surface area contributed by atoms with E-state index in [1.165, 1.54) is 0 Å². The first-order chi connectivity index (χ1) is 14.5. The first kappa shape index (κ1) is 21.0. The number of ketones is 1. The lowest BCUT2D eigenvalue weighted by atomic mass is 10.00. The molecule has 30 heavy (non-hydrogen) atoms. The molecule has 3 aromatic rings. The maximum atomic E-state index is 12.9. The summed E-state index contributed by atoms with van der Waals surface area (Å²) in [7, 11) is 0. The maximum Gasteiger partial charge on any atom is 0.326 e. The second-order valence-electron chi connectivity index (χ2n) is 6.99. The van der Waals surface area contributed by atoms with E-state index in [2.05, 4.69) is 5.32 Å². The predicted octanol–water partition coefficient (Wildman–Crippen LogP) is 4.20. The second-order valence-corrected chi connectivity index (χ2v) is 6.99. The van der Waals surface area contributed by atoms with Gasteiger partial charge in [-0.05, 0) is 37.1 Å². The molecule has 0 aromatic heterocycles. The highest BCUT2D eigenvalue weighted by atomic mass is 16.5. The summed E-state index contributed by atoms with van der Waals surface area (Å²) < 4.78 is 5.48. The molecule has 3 rings (SSSR count). The molecule has 0 aliphatic rings. The van der Waals surface area contributed by atoms with Gasteiger partial charge in [-0.1, -0.05) is 66.7 Å². The Morgan fingerprint density at radius 1 is 0.800 bits per heavy atom. The van der Waals surface area contributed by atoms with Crippen molar-refractivity contribution in [3.05, 3.63) is 107 Å². The van der Waals surface area contributed by atoms with Crippen LogP contribution in [-0.2, 0) is 9.53 Å². The standard InChI is InChI=1S/C25H23NO4/c1-17-13-14-21(15-18(17)2)25(29)26-16-22(27)30-24(20-11-7-4-8-12-20)23(28)19-9-5-3-6-10-19/h3-15,24H,16H2,1-2H3,(H,26,29). The van der Waals surface area contributed by atoms with Gasteiger partial charge in [-0.15, -0.1) is 0 Å². The van der Waals surface area contributed by atoms with Gasteiger partial charge in [0.05, 0.1) is 0 Å². The number of aryl methyl sites for hydroxylation is 2. The van der Waals surface area contributed by atoms with Crippen molar-refractivity contribution in [3.8, 4) is 0 Å². The van der Waals surface area contributed by atoms with E-state index >= 15 is 0 Å². The van der Waals surface area contributed by atoms with Gasteiger partial charge >= 0.3 is 5.97 Å². The smallest absolute Gasteiger partial charge is 0.326 e. The normalized spacial score (nSPS) is 11.4. The minimum absolute atomic E-state index is 0.323. The molecule has 1 amide bonds. The third-order valence-electron chi connectivity index (χ3n) is 4.81. The van der Waals surface area contributed by atoms with Crippen molar-refractivity contribution in [2.75, 3.05) is 6.54 Å². The van der Waals surface area contributed by atoms with Crippen LogP contribution in [0.4, 0.5) is 0 Å². The maximum absolute atomic E-state index is 12.9. The molecule has 0 saturated carbocycles. The topological polar surface area (TPSA) is 72.5 Å². The largest absolute Gasteiger partial charge is 0.448 e. The summed E-state index contributed by atoms with van der Waals surface area (Å²) in [6, 6.07) is 22.8. The zero-order valence-corrected chi connectivity index (χ0v) is 16.9. The Bertz CT molecular complexity index is 1050. The molecule has 0 fully saturated rings. The van der Waals surface area contributed by atoms with E-state index in [4.69, 9.17) is 4.74 Å². The molecule has 1 N–H and O–H groups in total. The summed E-state index contributed by atoms with van der Waals surface area (Å²) in [5.41, 5.74) is 3.54. The summed E-state index contributed by atoms with van der Waals surface area (Å²) in [6.07, 6.45) is -1.08. The summed E-state index contributed by atoms with van der Waals surface area (Å²) in [5.74, 6) is -1.39. The molecule has 5 nitrogen and oxygen atoms in total. The Hall–Kier alpha value is -3.73. The third kappa shape index (κ3) is 5.20. The molecule has 0 aliphatic carbocycles. The van der Waals surface area contributed by atoms with Gasteiger partial charge in [0.15, 0.2) is 6.10 Å². The van der Waals surface area contributed by atoms with E-state index in [-0.39, 0.29) is 18.2 Å². The SMILES string of the molecule is Cc1ccc(C(=O)NCC(=O)OC(C(=O)c2ccccc2)c2ccccc2)cc1C. The number of carbonyl (C=O) groups is 3. The van der Waals surface area contributed by atoms with Crippen LogP contribution in [0.25, 0.3) is 0 Å². The zero-order chi connectivity index (χ0) is 21.5. The Balaban J connectivity index is 1.69. The fourth-order valence-electron chi connectivity index (χ4n) is 2.96. The quantitative estimate of drug-likeness (QED) is 0.476. The first-order valence-corrected chi connectivity index (χ1v) is 9.65. The van der Waals surface area contributed by atoms with Crippen molar-refractivity contribution >= 4 is 17.7 Å². The number of esters is 1. The molecule has 0 saturated heterocycles. The van der Waals surface area contributed by atoms with Crippen molar-refractivity contribution < 1.29 is 19.1 Å². The van der Waals surface area contributed by atoms with Crippen molar-refractivity contribution in [3.63, 3.8) is 0 Å². The van der Waals surface area contributed by atoms with E-state index < -0.39 is 12.1 Å². The van der Waals surface area contributed by atoms with Gasteiger partial charge < -0.3 is 10.1 Å². The molecule has 152 valence electrons.